The number of imide groups is 1. The van der Waals surface area contributed by atoms with Crippen LogP contribution in [-0.4, -0.2) is 43.4 Å². The third-order valence-electron chi connectivity index (χ3n) is 5.45. The van der Waals surface area contributed by atoms with E-state index in [1.54, 1.807) is 46.2 Å². The number of benzene rings is 1. The van der Waals surface area contributed by atoms with Crippen LogP contribution in [-0.2, 0) is 9.59 Å². The van der Waals surface area contributed by atoms with Crippen molar-refractivity contribution in [1.82, 2.24) is 15.5 Å². The van der Waals surface area contributed by atoms with E-state index in [-0.39, 0.29) is 22.4 Å². The molecule has 1 rings (SSSR count). The molecule has 0 fully saturated rings. The van der Waals surface area contributed by atoms with E-state index in [0.717, 1.165) is 12.0 Å². The highest BCUT2D eigenvalue weighted by Crippen LogP contribution is 2.34. The Balaban J connectivity index is 3.33. The molecule has 0 aliphatic rings. The third kappa shape index (κ3) is 7.48. The van der Waals surface area contributed by atoms with E-state index >= 15 is 0 Å². The van der Waals surface area contributed by atoms with Gasteiger partial charge in [-0.25, -0.2) is 4.79 Å². The lowest BCUT2D eigenvalue weighted by atomic mass is 10.00. The van der Waals surface area contributed by atoms with E-state index in [2.05, 4.69) is 17.2 Å². The number of hydrogen-bond acceptors (Lipinski definition) is 4. The Morgan fingerprint density at radius 1 is 1.21 bits per heavy atom. The Morgan fingerprint density at radius 2 is 1.82 bits per heavy atom. The Bertz CT molecular complexity index is 1000. The smallest absolute Gasteiger partial charge is 0.324 e. The largest absolute Gasteiger partial charge is 0.456 e. The third-order valence-corrected chi connectivity index (χ3v) is 5.73. The molecule has 186 valence electrons. The molecule has 0 aromatic heterocycles. The average Bonchev–Trinajstić information content (AvgIpc) is 2.80. The molecule has 0 spiro atoms. The number of likely N-dealkylation sites (N-methyl/N-ethyl adjacent to an activating group) is 1. The van der Waals surface area contributed by atoms with Gasteiger partial charge >= 0.3 is 6.03 Å². The summed E-state index contributed by atoms with van der Waals surface area (Å²) in [6, 6.07) is 2.79. The maximum Gasteiger partial charge on any atom is 0.324 e. The van der Waals surface area contributed by atoms with Crippen molar-refractivity contribution >= 4 is 35.0 Å². The molecule has 0 aliphatic heterocycles. The number of carbonyl (C=O) groups excluding carboxylic acids is 3. The quantitative estimate of drug-likeness (QED) is 0.282. The van der Waals surface area contributed by atoms with Crippen LogP contribution >= 0.6 is 11.6 Å². The van der Waals surface area contributed by atoms with Crippen molar-refractivity contribution in [2.75, 3.05) is 20.6 Å². The average molecular weight is 490 g/mol. The molecule has 0 unspecified atom stereocenters. The van der Waals surface area contributed by atoms with Crippen LogP contribution in [0.2, 0.25) is 5.02 Å². The van der Waals surface area contributed by atoms with Crippen molar-refractivity contribution in [2.45, 2.75) is 48.0 Å². The molecule has 1 aromatic carbocycles. The number of urea groups is 1. The summed E-state index contributed by atoms with van der Waals surface area (Å²) in [5.74, 6) is 0.158. The van der Waals surface area contributed by atoms with Crippen LogP contribution in [0.3, 0.4) is 0 Å². The Labute approximate surface area is 207 Å². The van der Waals surface area contributed by atoms with Crippen LogP contribution in [0.5, 0.6) is 5.75 Å². The zero-order chi connectivity index (χ0) is 26.2. The van der Waals surface area contributed by atoms with Gasteiger partial charge in [0, 0.05) is 31.8 Å². The first-order valence-corrected chi connectivity index (χ1v) is 11.6. The minimum absolute atomic E-state index is 0.0153. The van der Waals surface area contributed by atoms with Gasteiger partial charge in [-0.3, -0.25) is 14.9 Å². The molecular formula is C26H36ClN3O4. The van der Waals surface area contributed by atoms with Crippen molar-refractivity contribution < 1.29 is 19.1 Å². The van der Waals surface area contributed by atoms with E-state index in [9.17, 15) is 14.4 Å². The molecule has 0 aliphatic carbocycles. The first kappa shape index (κ1) is 29.0. The van der Waals surface area contributed by atoms with Gasteiger partial charge in [0.15, 0.2) is 0 Å². The van der Waals surface area contributed by atoms with Crippen LogP contribution in [0, 0.1) is 12.8 Å². The van der Waals surface area contributed by atoms with Crippen LogP contribution in [0.25, 0.3) is 5.57 Å². The van der Waals surface area contributed by atoms with Gasteiger partial charge in [0.2, 0.25) is 5.91 Å². The van der Waals surface area contributed by atoms with Gasteiger partial charge in [-0.05, 0) is 68.0 Å². The molecule has 0 bridgehead atoms. The number of hydrogen-bond donors (Lipinski definition) is 2. The highest BCUT2D eigenvalue weighted by Gasteiger charge is 2.20. The summed E-state index contributed by atoms with van der Waals surface area (Å²) >= 11 is 6.55. The summed E-state index contributed by atoms with van der Waals surface area (Å²) in [7, 11) is 3.18. The second-order valence-electron chi connectivity index (χ2n) is 8.29. The number of amides is 4. The molecule has 0 atom stereocenters. The number of nitrogens with zero attached hydrogens (tertiary/aromatic N) is 1. The van der Waals surface area contributed by atoms with Crippen molar-refractivity contribution in [3.63, 3.8) is 0 Å². The molecule has 0 saturated carbocycles. The van der Waals surface area contributed by atoms with Gasteiger partial charge in [0.1, 0.15) is 11.5 Å². The summed E-state index contributed by atoms with van der Waals surface area (Å²) in [6.45, 7) is 15.7. The summed E-state index contributed by atoms with van der Waals surface area (Å²) in [5, 5.41) is 5.25. The second-order valence-corrected chi connectivity index (χ2v) is 8.70. The zero-order valence-electron chi connectivity index (χ0n) is 21.4. The van der Waals surface area contributed by atoms with E-state index in [4.69, 9.17) is 16.3 Å². The lowest BCUT2D eigenvalue weighted by molar-refractivity contribution is -0.117. The van der Waals surface area contributed by atoms with E-state index < -0.39 is 11.9 Å². The van der Waals surface area contributed by atoms with Gasteiger partial charge in [0.25, 0.3) is 5.91 Å². The molecule has 8 heteroatoms. The zero-order valence-corrected chi connectivity index (χ0v) is 22.1. The van der Waals surface area contributed by atoms with Crippen molar-refractivity contribution in [1.29, 1.82) is 0 Å². The van der Waals surface area contributed by atoms with Gasteiger partial charge < -0.3 is 15.0 Å². The Hall–Kier alpha value is -3.06. The normalized spacial score (nSPS) is 12.1. The fourth-order valence-electron chi connectivity index (χ4n) is 2.88. The van der Waals surface area contributed by atoms with E-state index in [1.807, 2.05) is 27.7 Å². The summed E-state index contributed by atoms with van der Waals surface area (Å²) in [5.41, 5.74) is 2.79. The van der Waals surface area contributed by atoms with Crippen LogP contribution in [0.4, 0.5) is 4.79 Å². The molecule has 7 nitrogen and oxygen atoms in total. The lowest BCUT2D eigenvalue weighted by Crippen LogP contribution is -2.40. The predicted molar refractivity (Wildman–Crippen MR) is 138 cm³/mol. The first-order valence-electron chi connectivity index (χ1n) is 11.2. The maximum atomic E-state index is 12.5. The molecule has 0 saturated heterocycles. The predicted octanol–water partition coefficient (Wildman–Crippen LogP) is 5.24. The van der Waals surface area contributed by atoms with Crippen LogP contribution in [0.1, 0.15) is 52.2 Å². The highest BCUT2D eigenvalue weighted by atomic mass is 35.5. The molecule has 2 N–H and O–H groups in total. The van der Waals surface area contributed by atoms with Gasteiger partial charge in [0.05, 0.1) is 5.02 Å². The number of halogens is 1. The molecule has 4 amide bonds. The summed E-state index contributed by atoms with van der Waals surface area (Å²) in [6.07, 6.45) is 2.46. The van der Waals surface area contributed by atoms with Crippen LogP contribution in [0.15, 0.2) is 41.7 Å². The van der Waals surface area contributed by atoms with Crippen molar-refractivity contribution in [2.24, 2.45) is 5.92 Å². The Morgan fingerprint density at radius 3 is 2.29 bits per heavy atom. The molecular weight excluding hydrogens is 454 g/mol. The fraction of sp³-hybridized carbons (Fsp3) is 0.423. The van der Waals surface area contributed by atoms with Gasteiger partial charge in [-0.15, -0.1) is 0 Å². The minimum atomic E-state index is -0.605. The maximum absolute atomic E-state index is 12.5. The molecule has 34 heavy (non-hydrogen) atoms. The highest BCUT2D eigenvalue weighted by molar-refractivity contribution is 6.33. The number of allylic oxidation sites excluding steroid dienone is 2. The number of carbonyl (C=O) groups is 3. The molecule has 0 heterocycles. The lowest BCUT2D eigenvalue weighted by Gasteiger charge is -2.18. The van der Waals surface area contributed by atoms with Crippen molar-refractivity contribution in [3.8, 4) is 5.75 Å². The second kappa shape index (κ2) is 13.0. The number of rotatable bonds is 9. The van der Waals surface area contributed by atoms with E-state index in [1.165, 1.54) is 4.90 Å². The number of ether oxygens (including phenoxy) is 1. The number of aryl methyl sites for hydroxylation is 1. The minimum Gasteiger partial charge on any atom is -0.456 e. The topological polar surface area (TPSA) is 87.7 Å². The standard InChI is InChI=1S/C26H36ClN3O4/c1-10-16(5)22(14-20(15(3)4)25(32)28-8)34-23-17(6)12-19(13-21(23)27)18(7)24(31)29-26(33)30(9)11-2/h12-15H,7,10-11H2,1-6,8-9H3,(H,28,32)(H,29,31,33)/b20-14-,22-16-. The Kier molecular flexibility index (Phi) is 11.1. The number of nitrogens with one attached hydrogen (secondary N) is 2. The fourth-order valence-corrected chi connectivity index (χ4v) is 3.19. The first-order chi connectivity index (χ1) is 15.9. The summed E-state index contributed by atoms with van der Waals surface area (Å²) < 4.78 is 6.21. The summed E-state index contributed by atoms with van der Waals surface area (Å²) in [4.78, 5) is 38.2. The van der Waals surface area contributed by atoms with Crippen LogP contribution < -0.4 is 15.4 Å². The van der Waals surface area contributed by atoms with Gasteiger partial charge in [-0.2, -0.15) is 0 Å². The van der Waals surface area contributed by atoms with Crippen molar-refractivity contribution in [3.05, 3.63) is 57.8 Å². The van der Waals surface area contributed by atoms with E-state index in [0.29, 0.717) is 34.8 Å². The van der Waals surface area contributed by atoms with Gasteiger partial charge in [-0.1, -0.05) is 39.0 Å². The molecule has 0 radical (unpaired) electrons. The SMILES string of the molecule is C=C(C(=O)NC(=O)N(C)CC)c1cc(C)c(OC(/C=C(\C(=O)NC)C(C)C)=C(/C)CC)c(Cl)c1. The monoisotopic (exact) mass is 489 g/mol. The molecule has 1 aromatic rings.